The van der Waals surface area contributed by atoms with E-state index >= 15 is 0 Å². The molecular formula is C26H22ClN3O4. The van der Waals surface area contributed by atoms with Gasteiger partial charge >= 0.3 is 0 Å². The lowest BCUT2D eigenvalue weighted by Crippen LogP contribution is -2.32. The van der Waals surface area contributed by atoms with Crippen molar-refractivity contribution >= 4 is 46.4 Å². The van der Waals surface area contributed by atoms with E-state index in [4.69, 9.17) is 16.3 Å². The van der Waals surface area contributed by atoms with E-state index in [0.29, 0.717) is 28.4 Å². The number of carbonyl (C=O) groups excluding carboxylic acids is 3. The second-order valence-electron chi connectivity index (χ2n) is 7.78. The smallest absolute Gasteiger partial charge is 0.283 e. The maximum atomic E-state index is 13.2. The van der Waals surface area contributed by atoms with Gasteiger partial charge in [0, 0.05) is 16.9 Å². The highest BCUT2D eigenvalue weighted by atomic mass is 35.5. The molecule has 0 fully saturated rings. The van der Waals surface area contributed by atoms with Crippen LogP contribution in [0.3, 0.4) is 0 Å². The molecule has 0 saturated heterocycles. The fraction of sp³-hybridized carbons (Fsp3) is 0.115. The van der Waals surface area contributed by atoms with Crippen LogP contribution in [-0.2, 0) is 9.59 Å². The van der Waals surface area contributed by atoms with Crippen LogP contribution in [0.1, 0.15) is 21.5 Å². The van der Waals surface area contributed by atoms with Gasteiger partial charge in [-0.3, -0.25) is 14.4 Å². The number of aryl methyl sites for hydroxylation is 2. The van der Waals surface area contributed by atoms with E-state index in [2.05, 4.69) is 10.6 Å². The van der Waals surface area contributed by atoms with Gasteiger partial charge in [-0.05, 0) is 61.4 Å². The number of nitrogens with zero attached hydrogens (tertiary/aromatic N) is 1. The quantitative estimate of drug-likeness (QED) is 0.490. The molecule has 4 rings (SSSR count). The van der Waals surface area contributed by atoms with Crippen LogP contribution < -0.4 is 20.3 Å². The minimum absolute atomic E-state index is 0.0771. The number of amides is 3. The summed E-state index contributed by atoms with van der Waals surface area (Å²) in [5, 5.41) is 5.53. The zero-order valence-electron chi connectivity index (χ0n) is 18.8. The first kappa shape index (κ1) is 23.1. The van der Waals surface area contributed by atoms with Gasteiger partial charge in [0.2, 0.25) is 0 Å². The van der Waals surface area contributed by atoms with Crippen molar-refractivity contribution in [3.05, 3.63) is 94.1 Å². The SMILES string of the molecule is COc1ccc(C)cc1N1C(=O)C(Cl)=C(Nc2cccc(C(=O)Nc3ccccc3C)c2)C1=O. The van der Waals surface area contributed by atoms with Crippen LogP contribution in [0.5, 0.6) is 5.75 Å². The molecule has 34 heavy (non-hydrogen) atoms. The van der Waals surface area contributed by atoms with E-state index in [1.54, 1.807) is 36.4 Å². The lowest BCUT2D eigenvalue weighted by atomic mass is 10.1. The number of hydrogen-bond acceptors (Lipinski definition) is 5. The van der Waals surface area contributed by atoms with E-state index in [1.807, 2.05) is 44.2 Å². The Hall–Kier alpha value is -4.10. The second-order valence-corrected chi connectivity index (χ2v) is 8.16. The Morgan fingerprint density at radius 3 is 2.44 bits per heavy atom. The molecule has 0 radical (unpaired) electrons. The molecule has 8 heteroatoms. The summed E-state index contributed by atoms with van der Waals surface area (Å²) in [6, 6.07) is 19.2. The van der Waals surface area contributed by atoms with Gasteiger partial charge in [-0.15, -0.1) is 0 Å². The molecule has 2 N–H and O–H groups in total. The summed E-state index contributed by atoms with van der Waals surface area (Å²) in [6.07, 6.45) is 0. The molecule has 1 aliphatic heterocycles. The minimum Gasteiger partial charge on any atom is -0.495 e. The Balaban J connectivity index is 1.58. The first-order chi connectivity index (χ1) is 16.3. The molecule has 0 aliphatic carbocycles. The number of carbonyl (C=O) groups is 3. The highest BCUT2D eigenvalue weighted by Gasteiger charge is 2.40. The summed E-state index contributed by atoms with van der Waals surface area (Å²) < 4.78 is 5.32. The first-order valence-corrected chi connectivity index (χ1v) is 10.8. The van der Waals surface area contributed by atoms with Crippen molar-refractivity contribution in [3.8, 4) is 5.75 Å². The summed E-state index contributed by atoms with van der Waals surface area (Å²) in [4.78, 5) is 39.8. The number of hydrogen-bond donors (Lipinski definition) is 2. The van der Waals surface area contributed by atoms with Crippen molar-refractivity contribution in [2.24, 2.45) is 0 Å². The van der Waals surface area contributed by atoms with Crippen LogP contribution in [0.25, 0.3) is 0 Å². The largest absolute Gasteiger partial charge is 0.495 e. The van der Waals surface area contributed by atoms with Crippen LogP contribution in [0, 0.1) is 13.8 Å². The molecule has 1 aliphatic rings. The van der Waals surface area contributed by atoms with E-state index in [-0.39, 0.29) is 16.6 Å². The van der Waals surface area contributed by atoms with Gasteiger partial charge in [-0.25, -0.2) is 4.90 Å². The predicted octanol–water partition coefficient (Wildman–Crippen LogP) is 5.00. The normalized spacial score (nSPS) is 13.4. The maximum Gasteiger partial charge on any atom is 0.283 e. The summed E-state index contributed by atoms with van der Waals surface area (Å²) >= 11 is 6.27. The third-order valence-electron chi connectivity index (χ3n) is 5.39. The molecule has 172 valence electrons. The summed E-state index contributed by atoms with van der Waals surface area (Å²) in [5.74, 6) is -1.22. The van der Waals surface area contributed by atoms with Gasteiger partial charge in [-0.1, -0.05) is 41.9 Å². The van der Waals surface area contributed by atoms with Crippen LogP contribution in [0.15, 0.2) is 77.5 Å². The number of para-hydroxylation sites is 1. The average molecular weight is 476 g/mol. The van der Waals surface area contributed by atoms with Crippen molar-refractivity contribution < 1.29 is 19.1 Å². The molecule has 0 bridgehead atoms. The molecule has 0 unspecified atom stereocenters. The van der Waals surface area contributed by atoms with Crippen molar-refractivity contribution in [1.82, 2.24) is 0 Å². The standard InChI is InChI=1S/C26H22ClN3O4/c1-15-11-12-21(34-3)20(13-15)30-25(32)22(27)23(26(30)33)28-18-9-6-8-17(14-18)24(31)29-19-10-5-4-7-16(19)2/h4-14,28H,1-3H3,(H,29,31). The number of ether oxygens (including phenoxy) is 1. The van der Waals surface area contributed by atoms with Crippen LogP contribution in [0.4, 0.5) is 17.1 Å². The van der Waals surface area contributed by atoms with Crippen LogP contribution in [-0.4, -0.2) is 24.8 Å². The van der Waals surface area contributed by atoms with Gasteiger partial charge in [-0.2, -0.15) is 0 Å². The van der Waals surface area contributed by atoms with E-state index < -0.39 is 11.8 Å². The molecule has 3 aromatic carbocycles. The Labute approximate surface area is 202 Å². The van der Waals surface area contributed by atoms with Crippen molar-refractivity contribution in [1.29, 1.82) is 0 Å². The Kier molecular flexibility index (Phi) is 6.38. The predicted molar refractivity (Wildman–Crippen MR) is 132 cm³/mol. The number of rotatable bonds is 6. The maximum absolute atomic E-state index is 13.2. The monoisotopic (exact) mass is 475 g/mol. The van der Waals surface area contributed by atoms with E-state index in [1.165, 1.54) is 7.11 Å². The second kappa shape index (κ2) is 9.41. The lowest BCUT2D eigenvalue weighted by Gasteiger charge is -2.18. The van der Waals surface area contributed by atoms with Gasteiger partial charge in [0.1, 0.15) is 16.5 Å². The number of benzene rings is 3. The summed E-state index contributed by atoms with van der Waals surface area (Å²) in [6.45, 7) is 3.75. The molecule has 0 spiro atoms. The molecule has 0 atom stereocenters. The van der Waals surface area contributed by atoms with Gasteiger partial charge in [0.05, 0.1) is 12.8 Å². The molecule has 3 aromatic rings. The Morgan fingerprint density at radius 2 is 1.71 bits per heavy atom. The number of anilines is 3. The fourth-order valence-corrected chi connectivity index (χ4v) is 3.81. The number of methoxy groups -OCH3 is 1. The number of halogens is 1. The van der Waals surface area contributed by atoms with Gasteiger partial charge in [0.25, 0.3) is 17.7 Å². The highest BCUT2D eigenvalue weighted by Crippen LogP contribution is 2.36. The molecule has 3 amide bonds. The van der Waals surface area contributed by atoms with Crippen LogP contribution in [0.2, 0.25) is 0 Å². The van der Waals surface area contributed by atoms with Crippen molar-refractivity contribution in [2.75, 3.05) is 22.6 Å². The van der Waals surface area contributed by atoms with E-state index in [0.717, 1.165) is 16.0 Å². The zero-order chi connectivity index (χ0) is 24.4. The number of imide groups is 1. The topological polar surface area (TPSA) is 87.7 Å². The third kappa shape index (κ3) is 4.38. The molecular weight excluding hydrogens is 454 g/mol. The lowest BCUT2D eigenvalue weighted by molar-refractivity contribution is -0.120. The van der Waals surface area contributed by atoms with E-state index in [9.17, 15) is 14.4 Å². The summed E-state index contributed by atoms with van der Waals surface area (Å²) in [7, 11) is 1.46. The molecule has 0 aromatic heterocycles. The van der Waals surface area contributed by atoms with Crippen molar-refractivity contribution in [2.45, 2.75) is 13.8 Å². The summed E-state index contributed by atoms with van der Waals surface area (Å²) in [5.41, 5.74) is 3.52. The average Bonchev–Trinajstić information content (AvgIpc) is 3.03. The molecule has 1 heterocycles. The fourth-order valence-electron chi connectivity index (χ4n) is 3.60. The minimum atomic E-state index is -0.661. The van der Waals surface area contributed by atoms with Crippen molar-refractivity contribution in [3.63, 3.8) is 0 Å². The Bertz CT molecular complexity index is 1350. The van der Waals surface area contributed by atoms with Gasteiger partial charge in [0.15, 0.2) is 0 Å². The van der Waals surface area contributed by atoms with Crippen LogP contribution >= 0.6 is 11.6 Å². The molecule has 0 saturated carbocycles. The first-order valence-electron chi connectivity index (χ1n) is 10.5. The van der Waals surface area contributed by atoms with Gasteiger partial charge < -0.3 is 15.4 Å². The number of nitrogens with one attached hydrogen (secondary N) is 2. The molecule has 7 nitrogen and oxygen atoms in total. The zero-order valence-corrected chi connectivity index (χ0v) is 19.6. The highest BCUT2D eigenvalue weighted by molar-refractivity contribution is 6.53. The Morgan fingerprint density at radius 1 is 0.941 bits per heavy atom. The third-order valence-corrected chi connectivity index (χ3v) is 5.74.